The van der Waals surface area contributed by atoms with E-state index >= 15 is 0 Å². The molecule has 0 amide bonds. The lowest BCUT2D eigenvalue weighted by molar-refractivity contribution is 0.0601. The average molecular weight is 499 g/mol. The van der Waals surface area contributed by atoms with E-state index < -0.39 is 5.97 Å². The van der Waals surface area contributed by atoms with Gasteiger partial charge in [-0.15, -0.1) is 0 Å². The van der Waals surface area contributed by atoms with Crippen molar-refractivity contribution in [3.63, 3.8) is 0 Å². The molecule has 0 atom stereocenters. The van der Waals surface area contributed by atoms with Gasteiger partial charge in [0, 0.05) is 14.1 Å². The number of carbonyl (C=O) groups is 1. The van der Waals surface area contributed by atoms with Crippen molar-refractivity contribution < 1.29 is 14.3 Å². The maximum atomic E-state index is 12.0. The summed E-state index contributed by atoms with van der Waals surface area (Å²) in [6.07, 6.45) is 1.31. The van der Waals surface area contributed by atoms with Crippen LogP contribution in [0, 0.1) is 17.7 Å². The van der Waals surface area contributed by atoms with Gasteiger partial charge in [0.2, 0.25) is 5.95 Å². The summed E-state index contributed by atoms with van der Waals surface area (Å²) < 4.78 is 12.5. The maximum Gasteiger partial charge on any atom is 0.343 e. The standard InChI is InChI=1S/C19H26N14O3/c1-8(20)12(28-29-15-10(16(34)35-5)7-24-32(15)4)14(23)31(3)17-25-18(27-19(26-17)36-6)33-13(22)11(21)9(2)30-33/h7,20,23,29H,21-22H2,1-6H3. The molecule has 0 radical (unpaired) electrons. The number of aromatic nitrogens is 7. The topological polar surface area (TPSA) is 237 Å². The molecule has 0 bridgehead atoms. The molecule has 7 N–H and O–H groups in total. The van der Waals surface area contributed by atoms with Crippen molar-refractivity contribution in [2.24, 2.45) is 12.1 Å². The Morgan fingerprint density at radius 2 is 1.92 bits per heavy atom. The number of nitrogens with one attached hydrogen (secondary N) is 3. The fraction of sp³-hybridized carbons (Fsp3) is 0.316. The second kappa shape index (κ2) is 10.0. The second-order valence-corrected chi connectivity index (χ2v) is 7.35. The van der Waals surface area contributed by atoms with Crippen LogP contribution >= 0.6 is 0 Å². The zero-order valence-corrected chi connectivity index (χ0v) is 20.5. The number of methoxy groups -OCH3 is 2. The maximum absolute atomic E-state index is 12.0. The number of aryl methyl sites for hydroxylation is 2. The summed E-state index contributed by atoms with van der Waals surface area (Å²) in [6.45, 7) is 3.13. The zero-order valence-electron chi connectivity index (χ0n) is 20.5. The van der Waals surface area contributed by atoms with Gasteiger partial charge in [0.1, 0.15) is 11.3 Å². The third kappa shape index (κ3) is 4.74. The van der Waals surface area contributed by atoms with Gasteiger partial charge in [0.05, 0.1) is 37.5 Å². The summed E-state index contributed by atoms with van der Waals surface area (Å²) >= 11 is 0. The Kier molecular flexibility index (Phi) is 7.12. The highest BCUT2D eigenvalue weighted by Gasteiger charge is 2.23. The van der Waals surface area contributed by atoms with E-state index in [-0.39, 0.29) is 58.1 Å². The molecule has 0 aromatic carbocycles. The number of esters is 1. The zero-order chi connectivity index (χ0) is 26.7. The van der Waals surface area contributed by atoms with E-state index in [1.54, 1.807) is 14.0 Å². The molecule has 3 aromatic rings. The number of nitrogen functional groups attached to an aromatic ring is 2. The Morgan fingerprint density at radius 1 is 1.22 bits per heavy atom. The summed E-state index contributed by atoms with van der Waals surface area (Å²) in [5.41, 5.74) is 15.4. The van der Waals surface area contributed by atoms with E-state index in [1.807, 2.05) is 0 Å². The normalized spacial score (nSPS) is 11.2. The van der Waals surface area contributed by atoms with Gasteiger partial charge >= 0.3 is 12.0 Å². The number of ether oxygens (including phenoxy) is 2. The highest BCUT2D eigenvalue weighted by molar-refractivity contribution is 6.68. The van der Waals surface area contributed by atoms with E-state index in [2.05, 4.69) is 35.7 Å². The molecular formula is C19H26N14O3. The first-order valence-corrected chi connectivity index (χ1v) is 10.2. The van der Waals surface area contributed by atoms with Crippen molar-refractivity contribution in [3.8, 4) is 12.0 Å². The number of hydrogen-bond acceptors (Lipinski definition) is 14. The summed E-state index contributed by atoms with van der Waals surface area (Å²) in [4.78, 5) is 25.9. The van der Waals surface area contributed by atoms with Crippen LogP contribution in [0.2, 0.25) is 0 Å². The first-order valence-electron chi connectivity index (χ1n) is 10.2. The minimum atomic E-state index is -0.625. The van der Waals surface area contributed by atoms with Gasteiger partial charge in [-0.05, 0) is 13.8 Å². The van der Waals surface area contributed by atoms with Gasteiger partial charge in [-0.1, -0.05) is 0 Å². The molecule has 0 aliphatic carbocycles. The molecule has 0 fully saturated rings. The summed E-state index contributed by atoms with van der Waals surface area (Å²) in [6, 6.07) is -0.0680. The minimum Gasteiger partial charge on any atom is -0.467 e. The molecule has 0 unspecified atom stereocenters. The lowest BCUT2D eigenvalue weighted by Gasteiger charge is -2.19. The van der Waals surface area contributed by atoms with Crippen LogP contribution in [0.3, 0.4) is 0 Å². The van der Waals surface area contributed by atoms with Crippen molar-refractivity contribution in [1.82, 2.24) is 34.5 Å². The molecule has 190 valence electrons. The summed E-state index contributed by atoms with van der Waals surface area (Å²) in [5.74, 6) is -0.543. The second-order valence-electron chi connectivity index (χ2n) is 7.35. The smallest absolute Gasteiger partial charge is 0.343 e. The molecule has 0 aliphatic heterocycles. The van der Waals surface area contributed by atoms with Gasteiger partial charge in [0.15, 0.2) is 17.5 Å². The van der Waals surface area contributed by atoms with Crippen LogP contribution in [0.4, 0.5) is 23.3 Å². The van der Waals surface area contributed by atoms with Crippen molar-refractivity contribution in [1.29, 1.82) is 10.8 Å². The van der Waals surface area contributed by atoms with Gasteiger partial charge in [0.25, 0.3) is 5.95 Å². The average Bonchev–Trinajstić information content (AvgIpc) is 3.36. The first kappa shape index (κ1) is 25.5. The number of nitrogens with zero attached hydrogens (tertiary/aromatic N) is 9. The molecule has 0 saturated carbocycles. The lowest BCUT2D eigenvalue weighted by atomic mass is 10.2. The van der Waals surface area contributed by atoms with Crippen LogP contribution in [0.5, 0.6) is 6.01 Å². The molecular weight excluding hydrogens is 472 g/mol. The predicted octanol–water partition coefficient (Wildman–Crippen LogP) is -0.0199. The molecule has 0 aliphatic rings. The number of carbonyl (C=O) groups excluding carboxylic acids is 1. The largest absolute Gasteiger partial charge is 0.467 e. The summed E-state index contributed by atoms with van der Waals surface area (Å²) in [5, 5.41) is 29.2. The third-order valence-electron chi connectivity index (χ3n) is 4.94. The Hall–Kier alpha value is -5.09. The Morgan fingerprint density at radius 3 is 2.47 bits per heavy atom. The van der Waals surface area contributed by atoms with Gasteiger partial charge in [-0.2, -0.15) is 34.9 Å². The Labute approximate surface area is 205 Å². The number of nitrogens with two attached hydrogens (primary N) is 2. The molecule has 0 spiro atoms. The molecule has 36 heavy (non-hydrogen) atoms. The molecule has 0 saturated heterocycles. The molecule has 3 aromatic heterocycles. The molecule has 3 heterocycles. The van der Waals surface area contributed by atoms with Crippen LogP contribution in [-0.2, 0) is 11.8 Å². The van der Waals surface area contributed by atoms with Gasteiger partial charge < -0.3 is 26.4 Å². The van der Waals surface area contributed by atoms with Crippen LogP contribution in [0.1, 0.15) is 23.0 Å². The highest BCUT2D eigenvalue weighted by Crippen LogP contribution is 2.23. The van der Waals surface area contributed by atoms with Crippen LogP contribution < -0.4 is 26.5 Å². The first-order chi connectivity index (χ1) is 17.0. The molecule has 3 rings (SSSR count). The van der Waals surface area contributed by atoms with E-state index in [0.717, 1.165) is 0 Å². The molecule has 17 nitrogen and oxygen atoms in total. The van der Waals surface area contributed by atoms with E-state index in [0.29, 0.717) is 5.69 Å². The number of amidine groups is 1. The number of anilines is 4. The predicted molar refractivity (Wildman–Crippen MR) is 132 cm³/mol. The minimum absolute atomic E-state index is 0.00888. The number of rotatable bonds is 8. The summed E-state index contributed by atoms with van der Waals surface area (Å²) in [7, 11) is 5.69. The third-order valence-corrected chi connectivity index (χ3v) is 4.94. The fourth-order valence-corrected chi connectivity index (χ4v) is 2.89. The van der Waals surface area contributed by atoms with E-state index in [1.165, 1.54) is 48.7 Å². The van der Waals surface area contributed by atoms with Crippen LogP contribution in [-0.4, -0.2) is 79.0 Å². The van der Waals surface area contributed by atoms with Crippen LogP contribution in [0.15, 0.2) is 11.3 Å². The van der Waals surface area contributed by atoms with Gasteiger partial charge in [-0.25, -0.2) is 4.79 Å². The fourth-order valence-electron chi connectivity index (χ4n) is 2.89. The Bertz CT molecular complexity index is 1370. The van der Waals surface area contributed by atoms with E-state index in [4.69, 9.17) is 31.8 Å². The molecule has 17 heteroatoms. The van der Waals surface area contributed by atoms with Crippen molar-refractivity contribution in [3.05, 3.63) is 17.5 Å². The van der Waals surface area contributed by atoms with Crippen molar-refractivity contribution >= 4 is 46.5 Å². The van der Waals surface area contributed by atoms with Crippen molar-refractivity contribution in [2.75, 3.05) is 43.1 Å². The quantitative estimate of drug-likeness (QED) is 0.119. The Balaban J connectivity index is 1.99. The number of hydrogen-bond donors (Lipinski definition) is 5. The van der Waals surface area contributed by atoms with Crippen LogP contribution in [0.25, 0.3) is 5.95 Å². The number of hydrazone groups is 1. The lowest BCUT2D eigenvalue weighted by Crippen LogP contribution is -2.38. The van der Waals surface area contributed by atoms with Gasteiger partial charge in [-0.3, -0.25) is 20.4 Å². The van der Waals surface area contributed by atoms with Crippen molar-refractivity contribution in [2.45, 2.75) is 13.8 Å². The highest BCUT2D eigenvalue weighted by atomic mass is 16.5. The SMILES string of the molecule is COC(=O)c1cnn(C)c1NN=C(C(C)=N)C(=N)N(C)c1nc(OC)nc(-n2nc(C)c(N)c2N)n1. The van der Waals surface area contributed by atoms with E-state index in [9.17, 15) is 4.79 Å². The monoisotopic (exact) mass is 498 g/mol.